The molecule has 32 heavy (non-hydrogen) atoms. The maximum Gasteiger partial charge on any atom is 0.306 e. The number of benzene rings is 2. The standard InChI is InChI=1S/C25H24N2O5/c1-15-13-20(16(2)26(15)3)21(28)14-32-22(29)11-6-12-27-24(30)18-9-4-7-17-8-5-10-19(23(17)18)25(27)31/h4-5,7-10,13H,6,11-12,14H2,1-3H3. The lowest BCUT2D eigenvalue weighted by atomic mass is 9.94. The fraction of sp³-hybridized carbons (Fsp3) is 0.280. The Morgan fingerprint density at radius 1 is 0.969 bits per heavy atom. The number of esters is 1. The van der Waals surface area contributed by atoms with Gasteiger partial charge in [-0.3, -0.25) is 24.1 Å². The van der Waals surface area contributed by atoms with Crippen LogP contribution in [0.15, 0.2) is 42.5 Å². The Bertz CT molecular complexity index is 1220. The molecule has 2 heterocycles. The monoisotopic (exact) mass is 432 g/mol. The highest BCUT2D eigenvalue weighted by molar-refractivity contribution is 6.25. The first kappa shape index (κ1) is 21.5. The summed E-state index contributed by atoms with van der Waals surface area (Å²) in [4.78, 5) is 51.4. The van der Waals surface area contributed by atoms with Crippen LogP contribution < -0.4 is 0 Å². The Labute approximate surface area is 185 Å². The van der Waals surface area contributed by atoms with E-state index in [0.29, 0.717) is 22.1 Å². The molecule has 0 saturated heterocycles. The highest BCUT2D eigenvalue weighted by atomic mass is 16.5. The number of carbonyl (C=O) groups excluding carboxylic acids is 4. The molecule has 0 spiro atoms. The topological polar surface area (TPSA) is 85.7 Å². The number of amides is 2. The summed E-state index contributed by atoms with van der Waals surface area (Å²) in [6.45, 7) is 3.51. The Morgan fingerprint density at radius 2 is 1.59 bits per heavy atom. The van der Waals surface area contributed by atoms with Gasteiger partial charge in [0.05, 0.1) is 0 Å². The molecule has 0 radical (unpaired) electrons. The van der Waals surface area contributed by atoms with Gasteiger partial charge in [-0.05, 0) is 43.9 Å². The van der Waals surface area contributed by atoms with Crippen molar-refractivity contribution in [1.82, 2.24) is 9.47 Å². The van der Waals surface area contributed by atoms with Gasteiger partial charge in [0, 0.05) is 53.5 Å². The van der Waals surface area contributed by atoms with Crippen LogP contribution >= 0.6 is 0 Å². The summed E-state index contributed by atoms with van der Waals surface area (Å²) >= 11 is 0. The Balaban J connectivity index is 1.34. The van der Waals surface area contributed by atoms with E-state index in [-0.39, 0.29) is 43.6 Å². The molecule has 1 aromatic heterocycles. The first-order valence-electron chi connectivity index (χ1n) is 10.5. The van der Waals surface area contributed by atoms with E-state index in [0.717, 1.165) is 16.8 Å². The molecule has 0 fully saturated rings. The number of Topliss-reactive ketones (excluding diaryl/α,β-unsaturated/α-hetero) is 1. The summed E-state index contributed by atoms with van der Waals surface area (Å²) < 4.78 is 7.03. The predicted molar refractivity (Wildman–Crippen MR) is 119 cm³/mol. The minimum atomic E-state index is -0.539. The number of aromatic nitrogens is 1. The second-order valence-electron chi connectivity index (χ2n) is 8.00. The predicted octanol–water partition coefficient (Wildman–Crippen LogP) is 3.60. The number of hydrogen-bond donors (Lipinski definition) is 0. The molecule has 0 atom stereocenters. The van der Waals surface area contributed by atoms with Crippen molar-refractivity contribution in [2.75, 3.05) is 13.2 Å². The molecule has 0 saturated carbocycles. The van der Waals surface area contributed by atoms with Crippen molar-refractivity contribution >= 4 is 34.3 Å². The lowest BCUT2D eigenvalue weighted by Crippen LogP contribution is -2.41. The molecule has 0 aliphatic carbocycles. The summed E-state index contributed by atoms with van der Waals surface area (Å²) in [6, 6.07) is 12.5. The van der Waals surface area contributed by atoms with Gasteiger partial charge in [-0.15, -0.1) is 0 Å². The molecule has 2 amide bonds. The third-order valence-electron chi connectivity index (χ3n) is 6.06. The number of carbonyl (C=O) groups is 4. The SMILES string of the molecule is Cc1cc(C(=O)COC(=O)CCCN2C(=O)c3cccc4cccc(c34)C2=O)c(C)n1C. The van der Waals surface area contributed by atoms with Gasteiger partial charge < -0.3 is 9.30 Å². The fourth-order valence-corrected chi connectivity index (χ4v) is 4.10. The maximum absolute atomic E-state index is 12.9. The summed E-state index contributed by atoms with van der Waals surface area (Å²) in [7, 11) is 1.87. The molecule has 3 aromatic rings. The number of ether oxygens (including phenoxy) is 1. The van der Waals surface area contributed by atoms with Gasteiger partial charge in [-0.25, -0.2) is 0 Å². The molecule has 0 N–H and O–H groups in total. The molecule has 1 aliphatic rings. The van der Waals surface area contributed by atoms with Gasteiger partial charge in [0.15, 0.2) is 6.61 Å². The van der Waals surface area contributed by atoms with Crippen LogP contribution in [-0.4, -0.2) is 46.2 Å². The number of imide groups is 1. The quantitative estimate of drug-likeness (QED) is 0.324. The highest BCUT2D eigenvalue weighted by Gasteiger charge is 2.32. The van der Waals surface area contributed by atoms with Crippen molar-refractivity contribution < 1.29 is 23.9 Å². The molecule has 164 valence electrons. The van der Waals surface area contributed by atoms with Crippen molar-refractivity contribution in [3.05, 3.63) is 70.5 Å². The minimum absolute atomic E-state index is 0.00296. The highest BCUT2D eigenvalue weighted by Crippen LogP contribution is 2.30. The summed E-state index contributed by atoms with van der Waals surface area (Å²) in [5.74, 6) is -1.52. The van der Waals surface area contributed by atoms with E-state index in [9.17, 15) is 19.2 Å². The van der Waals surface area contributed by atoms with Gasteiger partial charge in [0.1, 0.15) is 0 Å². The van der Waals surface area contributed by atoms with Crippen molar-refractivity contribution in [2.45, 2.75) is 26.7 Å². The molecule has 0 unspecified atom stereocenters. The van der Waals surface area contributed by atoms with Crippen LogP contribution in [0, 0.1) is 13.8 Å². The second kappa shape index (κ2) is 8.42. The van der Waals surface area contributed by atoms with E-state index in [1.54, 1.807) is 30.3 Å². The fourth-order valence-electron chi connectivity index (χ4n) is 4.10. The molecular weight excluding hydrogens is 408 g/mol. The zero-order valence-corrected chi connectivity index (χ0v) is 18.3. The average Bonchev–Trinajstić information content (AvgIpc) is 3.05. The summed E-state index contributed by atoms with van der Waals surface area (Å²) in [5, 5.41) is 1.52. The summed E-state index contributed by atoms with van der Waals surface area (Å²) in [5.41, 5.74) is 3.28. The van der Waals surface area contributed by atoms with Crippen LogP contribution in [0.2, 0.25) is 0 Å². The second-order valence-corrected chi connectivity index (χ2v) is 8.00. The largest absolute Gasteiger partial charge is 0.457 e. The van der Waals surface area contributed by atoms with Crippen LogP contribution in [0.4, 0.5) is 0 Å². The number of hydrogen-bond acceptors (Lipinski definition) is 5. The van der Waals surface area contributed by atoms with Crippen molar-refractivity contribution in [2.24, 2.45) is 7.05 Å². The zero-order chi connectivity index (χ0) is 23.0. The number of nitrogens with zero attached hydrogens (tertiary/aromatic N) is 2. The molecule has 7 heteroatoms. The Morgan fingerprint density at radius 3 is 2.16 bits per heavy atom. The van der Waals surface area contributed by atoms with Crippen molar-refractivity contribution in [1.29, 1.82) is 0 Å². The molecular formula is C25H24N2O5. The lowest BCUT2D eigenvalue weighted by Gasteiger charge is -2.27. The molecule has 0 bridgehead atoms. The third kappa shape index (κ3) is 3.70. The van der Waals surface area contributed by atoms with Crippen LogP contribution in [0.5, 0.6) is 0 Å². The smallest absolute Gasteiger partial charge is 0.306 e. The Hall–Kier alpha value is -3.74. The maximum atomic E-state index is 12.9. The van der Waals surface area contributed by atoms with E-state index in [1.165, 1.54) is 4.90 Å². The van der Waals surface area contributed by atoms with E-state index < -0.39 is 5.97 Å². The van der Waals surface area contributed by atoms with Crippen LogP contribution in [0.25, 0.3) is 10.8 Å². The van der Waals surface area contributed by atoms with Crippen molar-refractivity contribution in [3.8, 4) is 0 Å². The molecule has 1 aliphatic heterocycles. The normalized spacial score (nSPS) is 13.0. The van der Waals surface area contributed by atoms with Gasteiger partial charge in [-0.1, -0.05) is 24.3 Å². The van der Waals surface area contributed by atoms with E-state index in [2.05, 4.69) is 0 Å². The van der Waals surface area contributed by atoms with Crippen LogP contribution in [-0.2, 0) is 16.6 Å². The molecule has 2 aromatic carbocycles. The van der Waals surface area contributed by atoms with E-state index in [1.807, 2.05) is 37.6 Å². The van der Waals surface area contributed by atoms with Gasteiger partial charge in [0.2, 0.25) is 5.78 Å². The van der Waals surface area contributed by atoms with Crippen molar-refractivity contribution in [3.63, 3.8) is 0 Å². The zero-order valence-electron chi connectivity index (χ0n) is 18.3. The number of ketones is 1. The average molecular weight is 432 g/mol. The van der Waals surface area contributed by atoms with E-state index in [4.69, 9.17) is 4.74 Å². The third-order valence-corrected chi connectivity index (χ3v) is 6.06. The molecule has 7 nitrogen and oxygen atoms in total. The van der Waals surface area contributed by atoms with Crippen LogP contribution in [0.1, 0.15) is 55.3 Å². The van der Waals surface area contributed by atoms with Gasteiger partial charge in [-0.2, -0.15) is 0 Å². The Kier molecular flexibility index (Phi) is 5.65. The molecule has 4 rings (SSSR count). The summed E-state index contributed by atoms with van der Waals surface area (Å²) in [6.07, 6.45) is 0.259. The van der Waals surface area contributed by atoms with Gasteiger partial charge in [0.25, 0.3) is 11.8 Å². The first-order chi connectivity index (χ1) is 15.3. The van der Waals surface area contributed by atoms with E-state index >= 15 is 0 Å². The number of aryl methyl sites for hydroxylation is 1. The lowest BCUT2D eigenvalue weighted by molar-refractivity contribution is -0.142. The number of rotatable bonds is 7. The van der Waals surface area contributed by atoms with Gasteiger partial charge >= 0.3 is 5.97 Å². The first-order valence-corrected chi connectivity index (χ1v) is 10.5. The van der Waals surface area contributed by atoms with Crippen LogP contribution in [0.3, 0.4) is 0 Å². The minimum Gasteiger partial charge on any atom is -0.457 e.